The lowest BCUT2D eigenvalue weighted by Crippen LogP contribution is -2.82. The van der Waals surface area contributed by atoms with Gasteiger partial charge in [0.25, 0.3) is 0 Å². The predicted octanol–water partition coefficient (Wildman–Crippen LogP) is 3.97. The molecule has 306 valence electrons. The van der Waals surface area contributed by atoms with Gasteiger partial charge >= 0.3 is 5.97 Å². The van der Waals surface area contributed by atoms with Gasteiger partial charge in [-0.15, -0.1) is 0 Å². The Kier molecular flexibility index (Phi) is 9.30. The summed E-state index contributed by atoms with van der Waals surface area (Å²) in [5.74, 6) is -1.27. The average Bonchev–Trinajstić information content (AvgIpc) is 3.96. The van der Waals surface area contributed by atoms with E-state index < -0.39 is 80.3 Å². The molecule has 0 saturated heterocycles. The topological polar surface area (TPSA) is 169 Å². The number of allylic oxidation sites excluding steroid dienone is 1. The minimum atomic E-state index is -1.77. The molecule has 0 unspecified atom stereocenters. The van der Waals surface area contributed by atoms with Crippen molar-refractivity contribution in [1.29, 1.82) is 0 Å². The number of rotatable bonds is 9. The van der Waals surface area contributed by atoms with Crippen molar-refractivity contribution in [3.05, 3.63) is 23.3 Å². The van der Waals surface area contributed by atoms with Crippen LogP contribution in [0.5, 0.6) is 0 Å². The van der Waals surface area contributed by atoms with E-state index in [2.05, 4.69) is 23.6 Å². The van der Waals surface area contributed by atoms with Gasteiger partial charge in [0.05, 0.1) is 29.3 Å². The zero-order chi connectivity index (χ0) is 38.8. The summed E-state index contributed by atoms with van der Waals surface area (Å²) in [5, 5.41) is 72.4. The van der Waals surface area contributed by atoms with Crippen molar-refractivity contribution in [2.75, 3.05) is 33.3 Å². The van der Waals surface area contributed by atoms with Crippen LogP contribution in [0.25, 0.3) is 0 Å². The maximum atomic E-state index is 14.4. The summed E-state index contributed by atoms with van der Waals surface area (Å²) in [6, 6.07) is 0. The van der Waals surface area contributed by atoms with E-state index in [-0.39, 0.29) is 25.4 Å². The lowest BCUT2D eigenvalue weighted by Gasteiger charge is -2.73. The van der Waals surface area contributed by atoms with E-state index >= 15 is 0 Å². The number of carbonyl (C=O) groups is 2. The van der Waals surface area contributed by atoms with E-state index in [0.717, 1.165) is 50.5 Å². The summed E-state index contributed by atoms with van der Waals surface area (Å²) >= 11 is 0. The van der Waals surface area contributed by atoms with Crippen molar-refractivity contribution in [1.82, 2.24) is 10.6 Å². The highest BCUT2D eigenvalue weighted by Gasteiger charge is 2.85. The van der Waals surface area contributed by atoms with Crippen LogP contribution in [0.2, 0.25) is 0 Å². The largest absolute Gasteiger partial charge is 0.450 e. The second-order valence-corrected chi connectivity index (χ2v) is 20.7. The summed E-state index contributed by atoms with van der Waals surface area (Å²) in [6.45, 7) is 6.00. The van der Waals surface area contributed by atoms with Gasteiger partial charge in [-0.3, -0.25) is 0 Å². The number of aliphatic hydroxyl groups excluding tert-OH is 2. The first-order valence-corrected chi connectivity index (χ1v) is 22.2. The first kappa shape index (κ1) is 38.8. The summed E-state index contributed by atoms with van der Waals surface area (Å²) in [7, 11) is 1.89. The molecular weight excluding hydrogens is 697 g/mol. The van der Waals surface area contributed by atoms with Gasteiger partial charge < -0.3 is 45.7 Å². The van der Waals surface area contributed by atoms with Gasteiger partial charge in [-0.25, -0.2) is 4.79 Å². The van der Waals surface area contributed by atoms with Crippen molar-refractivity contribution >= 4 is 12.3 Å². The quantitative estimate of drug-likeness (QED) is 0.0790. The number of carbonyl (C=O) groups excluding carboxylic acids is 2. The Labute approximate surface area is 327 Å². The van der Waals surface area contributed by atoms with Crippen LogP contribution >= 0.6 is 0 Å². The van der Waals surface area contributed by atoms with E-state index in [9.17, 15) is 35.1 Å². The van der Waals surface area contributed by atoms with E-state index in [1.165, 1.54) is 31.8 Å². The highest BCUT2D eigenvalue weighted by atomic mass is 16.5. The molecule has 0 aromatic heterocycles. The second kappa shape index (κ2) is 13.2. The van der Waals surface area contributed by atoms with Crippen molar-refractivity contribution in [3.8, 4) is 0 Å². The smallest absolute Gasteiger partial charge is 0.331 e. The van der Waals surface area contributed by atoms with Gasteiger partial charge in [-0.2, -0.15) is 0 Å². The molecule has 0 amide bonds. The van der Waals surface area contributed by atoms with Crippen molar-refractivity contribution < 1.29 is 39.9 Å². The Balaban J connectivity index is 1.19. The number of nitrogens with one attached hydrogen (secondary N) is 2. The molecule has 10 heteroatoms. The molecule has 55 heavy (non-hydrogen) atoms. The second-order valence-electron chi connectivity index (χ2n) is 20.7. The van der Waals surface area contributed by atoms with Crippen LogP contribution in [0.4, 0.5) is 0 Å². The van der Waals surface area contributed by atoms with E-state index in [1.54, 1.807) is 0 Å². The molecule has 1 spiro atoms. The molecule has 7 fully saturated rings. The number of esters is 1. The molecule has 7 N–H and O–H groups in total. The maximum absolute atomic E-state index is 14.4. The van der Waals surface area contributed by atoms with Crippen LogP contribution in [-0.2, 0) is 14.3 Å². The molecule has 14 atom stereocenters. The molecule has 0 radical (unpaired) electrons. The highest BCUT2D eigenvalue weighted by Crippen LogP contribution is 2.80. The Hall–Kier alpha value is -1.66. The van der Waals surface area contributed by atoms with Crippen LogP contribution in [0, 0.1) is 63.1 Å². The Morgan fingerprint density at radius 2 is 1.73 bits per heavy atom. The molecule has 0 aromatic rings. The van der Waals surface area contributed by atoms with Crippen LogP contribution in [0.3, 0.4) is 0 Å². The van der Waals surface area contributed by atoms with Gasteiger partial charge in [0.15, 0.2) is 0 Å². The summed E-state index contributed by atoms with van der Waals surface area (Å²) in [6.07, 6.45) is 15.3. The molecule has 9 rings (SSSR count). The number of hydrogen-bond donors (Lipinski definition) is 7. The molecular formula is C45H68N2O8. The fourth-order valence-corrected chi connectivity index (χ4v) is 16.7. The molecule has 8 aliphatic carbocycles. The fraction of sp³-hybridized carbons (Fsp3) is 0.867. The first-order valence-electron chi connectivity index (χ1n) is 22.2. The van der Waals surface area contributed by atoms with E-state index in [4.69, 9.17) is 4.74 Å². The number of aliphatic hydroxyl groups is 5. The molecule has 1 heterocycles. The third kappa shape index (κ3) is 4.74. The molecule has 0 aromatic carbocycles. The molecule has 10 nitrogen and oxygen atoms in total. The lowest BCUT2D eigenvalue weighted by molar-refractivity contribution is -0.356. The monoisotopic (exact) mass is 764 g/mol. The number of fused-ring (bicyclic) bond motifs is 8. The van der Waals surface area contributed by atoms with Gasteiger partial charge in [0.2, 0.25) is 0 Å². The zero-order valence-corrected chi connectivity index (χ0v) is 33.5. The number of ether oxygens (including phenoxy) is 1. The Morgan fingerprint density at radius 1 is 0.982 bits per heavy atom. The SMILES string of the molecule is CNCCNCC1=C[C@H]2C[C@@]3(O)[C@](C)(CC[C@H]4[C@@]3(O)C[C@@H]3C[C@@H]([C@@H](C)C5CCCC5)CC[C@H]5[C@@H](O)C6(CCCC6)C[C@@]4(C=O)[C@]35O)[C@@]2(CO)C2=CC(=O)O[C@@H]12. The molecule has 1 aliphatic heterocycles. The molecule has 9 aliphatic rings. The lowest BCUT2D eigenvalue weighted by atomic mass is 9.33. The van der Waals surface area contributed by atoms with Crippen molar-refractivity contribution in [2.24, 2.45) is 63.1 Å². The minimum absolute atomic E-state index is 0.133. The number of hydrogen-bond acceptors (Lipinski definition) is 10. The summed E-state index contributed by atoms with van der Waals surface area (Å²) in [4.78, 5) is 27.5. The predicted molar refractivity (Wildman–Crippen MR) is 206 cm³/mol. The van der Waals surface area contributed by atoms with E-state index in [1.807, 2.05) is 14.0 Å². The van der Waals surface area contributed by atoms with Crippen LogP contribution < -0.4 is 10.6 Å². The van der Waals surface area contributed by atoms with Gasteiger partial charge in [0.1, 0.15) is 18.0 Å². The number of aldehydes is 1. The fourth-order valence-electron chi connectivity index (χ4n) is 16.7. The number of likely N-dealkylation sites (N-methyl/N-ethyl adjacent to an activating group) is 1. The third-order valence-electron chi connectivity index (χ3n) is 19.4. The summed E-state index contributed by atoms with van der Waals surface area (Å²) < 4.78 is 5.97. The Morgan fingerprint density at radius 3 is 2.42 bits per heavy atom. The maximum Gasteiger partial charge on any atom is 0.331 e. The zero-order valence-electron chi connectivity index (χ0n) is 33.5. The van der Waals surface area contributed by atoms with Crippen molar-refractivity contribution in [2.45, 2.75) is 146 Å². The van der Waals surface area contributed by atoms with Crippen molar-refractivity contribution in [3.63, 3.8) is 0 Å². The average molecular weight is 765 g/mol. The van der Waals surface area contributed by atoms with Crippen LogP contribution in [-0.4, -0.2) is 100 Å². The third-order valence-corrected chi connectivity index (χ3v) is 19.4. The van der Waals surface area contributed by atoms with Gasteiger partial charge in [0, 0.05) is 48.4 Å². The molecule has 7 saturated carbocycles. The molecule has 0 bridgehead atoms. The highest BCUT2D eigenvalue weighted by molar-refractivity contribution is 5.87. The van der Waals surface area contributed by atoms with Gasteiger partial charge in [-0.05, 0) is 117 Å². The minimum Gasteiger partial charge on any atom is -0.450 e. The first-order chi connectivity index (χ1) is 26.3. The normalized spacial score (nSPS) is 50.2. The standard InChI is InChI=1S/C45H68N2O8/c1-27(28-8-4-5-9-28)29-10-11-33-38(51)40(13-6-7-14-40)24-41(25-48)35-12-15-39(2)42(26-49)31(22-44(39,53)43(35,52)21-32(18-29)45(33,41)54)19-30(23-47-17-16-46-3)37-34(42)20-36(50)55-37/h19-20,25,27-29,31-33,35,37-38,46-47,49,51-54H,4-18,21-24,26H2,1-3H3/t27-,29-,31-,32-,33-,35+,37-,38+,39+,41-,42+,43-,44+,45-/m0/s1. The van der Waals surface area contributed by atoms with Gasteiger partial charge in [-0.1, -0.05) is 58.4 Å². The van der Waals surface area contributed by atoms with E-state index in [0.29, 0.717) is 62.6 Å². The summed E-state index contributed by atoms with van der Waals surface area (Å²) in [5.41, 5.74) is -7.50. The van der Waals surface area contributed by atoms with Crippen LogP contribution in [0.15, 0.2) is 23.3 Å². The van der Waals surface area contributed by atoms with Crippen LogP contribution in [0.1, 0.15) is 117 Å². The Bertz CT molecular complexity index is 1620.